The summed E-state index contributed by atoms with van der Waals surface area (Å²) < 4.78 is 60.5. The maximum absolute atomic E-state index is 12.4. The van der Waals surface area contributed by atoms with E-state index in [2.05, 4.69) is 0 Å². The summed E-state index contributed by atoms with van der Waals surface area (Å²) >= 11 is 0. The predicted molar refractivity (Wildman–Crippen MR) is 29.7 cm³/mol. The number of benzene rings is 1. The summed E-state index contributed by atoms with van der Waals surface area (Å²) in [6, 6.07) is 0.174. The van der Waals surface area contributed by atoms with Crippen molar-refractivity contribution < 1.29 is 22.0 Å². The average molecular weight is 180 g/mol. The number of hydrogen-bond acceptors (Lipinski definition) is 0. The molecule has 0 saturated carbocycles. The van der Waals surface area contributed by atoms with Crippen LogP contribution in [0.2, 0.25) is 0 Å². The Morgan fingerprint density at radius 1 is 0.917 bits per heavy atom. The average Bonchev–Trinajstić information content (AvgIpc) is 2.08. The molecule has 64 valence electrons. The maximum Gasteiger partial charge on any atom is 0.222 e. The molecule has 0 heterocycles. The number of rotatable bonds is 1. The third-order valence-electron chi connectivity index (χ3n) is 1.20. The largest absolute Gasteiger partial charge is 0.230 e. The molecule has 0 aromatic heterocycles. The monoisotopic (exact) mass is 180 g/mol. The molecule has 0 unspecified atom stereocenters. The Labute approximate surface area is 64.6 Å². The van der Waals surface area contributed by atoms with Crippen LogP contribution in [0.25, 0.3) is 0 Å². The molecule has 0 aliphatic heterocycles. The molecule has 0 aliphatic carbocycles. The van der Waals surface area contributed by atoms with Crippen LogP contribution in [0.5, 0.6) is 0 Å². The van der Waals surface area contributed by atoms with Gasteiger partial charge in [0.15, 0.2) is 23.3 Å². The molecule has 0 N–H and O–H groups in total. The second-order valence-electron chi connectivity index (χ2n) is 1.94. The molecular weight excluding hydrogens is 179 g/mol. The molecular formula is C7HF5. The van der Waals surface area contributed by atoms with Crippen LogP contribution in [-0.2, 0) is 0 Å². The Bertz CT molecular complexity index is 307. The van der Waals surface area contributed by atoms with Crippen LogP contribution < -0.4 is 0 Å². The second-order valence-corrected chi connectivity index (χ2v) is 1.94. The van der Waals surface area contributed by atoms with Crippen LogP contribution in [0.4, 0.5) is 22.0 Å². The van der Waals surface area contributed by atoms with Gasteiger partial charge in [0.1, 0.15) is 0 Å². The highest BCUT2D eigenvalue weighted by atomic mass is 19.2. The van der Waals surface area contributed by atoms with Crippen molar-refractivity contribution in [2.24, 2.45) is 0 Å². The lowest BCUT2D eigenvalue weighted by molar-refractivity contribution is 0.403. The molecule has 5 heteroatoms. The van der Waals surface area contributed by atoms with Gasteiger partial charge in [-0.15, -0.1) is 0 Å². The topological polar surface area (TPSA) is 0 Å². The van der Waals surface area contributed by atoms with E-state index in [1.165, 1.54) is 0 Å². The fourth-order valence-corrected chi connectivity index (χ4v) is 0.642. The van der Waals surface area contributed by atoms with Gasteiger partial charge in [-0.1, -0.05) is 0 Å². The highest BCUT2D eigenvalue weighted by Crippen LogP contribution is 2.19. The Morgan fingerprint density at radius 3 is 2.00 bits per heavy atom. The first kappa shape index (κ1) is 8.96. The second kappa shape index (κ2) is 3.08. The first-order valence-corrected chi connectivity index (χ1v) is 2.77. The van der Waals surface area contributed by atoms with Crippen molar-refractivity contribution in [3.05, 3.63) is 41.6 Å². The molecule has 0 atom stereocenters. The third-order valence-corrected chi connectivity index (χ3v) is 1.20. The van der Waals surface area contributed by atoms with Gasteiger partial charge in [-0.2, -0.15) is 0 Å². The van der Waals surface area contributed by atoms with Gasteiger partial charge in [0.2, 0.25) is 6.67 Å². The molecule has 0 fully saturated rings. The van der Waals surface area contributed by atoms with Gasteiger partial charge in [-0.05, 0) is 6.07 Å². The minimum absolute atomic E-state index is 0.174. The standard InChI is InChI=1S/C7HF5/c8-2-3-1-4(9)6(11)7(12)5(3)10/h1H. The van der Waals surface area contributed by atoms with Crippen molar-refractivity contribution in [2.75, 3.05) is 0 Å². The summed E-state index contributed by atoms with van der Waals surface area (Å²) in [7, 11) is 0. The lowest BCUT2D eigenvalue weighted by Gasteiger charge is -1.99. The van der Waals surface area contributed by atoms with Crippen LogP contribution in [0, 0.1) is 29.9 Å². The Kier molecular flexibility index (Phi) is 2.30. The first-order chi connectivity index (χ1) is 5.57. The maximum atomic E-state index is 12.4. The van der Waals surface area contributed by atoms with E-state index in [1.807, 2.05) is 0 Å². The third kappa shape index (κ3) is 1.26. The fraction of sp³-hybridized carbons (Fsp3) is 0. The van der Waals surface area contributed by atoms with Gasteiger partial charge in [0.25, 0.3) is 0 Å². The van der Waals surface area contributed by atoms with E-state index in [4.69, 9.17) is 0 Å². The normalized spacial score (nSPS) is 10.4. The quantitative estimate of drug-likeness (QED) is 0.354. The van der Waals surface area contributed by atoms with E-state index in [0.29, 0.717) is 6.67 Å². The summed E-state index contributed by atoms with van der Waals surface area (Å²) in [6.07, 6.45) is 0. The Hall–Kier alpha value is -1.13. The van der Waals surface area contributed by atoms with Crippen LogP contribution in [0.3, 0.4) is 0 Å². The van der Waals surface area contributed by atoms with E-state index in [-0.39, 0.29) is 6.07 Å². The van der Waals surface area contributed by atoms with Crippen molar-refractivity contribution in [3.63, 3.8) is 0 Å². The summed E-state index contributed by atoms with van der Waals surface area (Å²) in [5.41, 5.74) is -1.08. The lowest BCUT2D eigenvalue weighted by Crippen LogP contribution is -1.99. The molecule has 0 spiro atoms. The summed E-state index contributed by atoms with van der Waals surface area (Å²) in [4.78, 5) is 0. The number of hydrogen-bond donors (Lipinski definition) is 0. The zero-order valence-electron chi connectivity index (χ0n) is 5.47. The van der Waals surface area contributed by atoms with E-state index in [1.54, 1.807) is 0 Å². The minimum atomic E-state index is -2.05. The molecule has 2 radical (unpaired) electrons. The van der Waals surface area contributed by atoms with E-state index in [9.17, 15) is 22.0 Å². The van der Waals surface area contributed by atoms with Gasteiger partial charge >= 0.3 is 0 Å². The minimum Gasteiger partial charge on any atom is -0.230 e. The van der Waals surface area contributed by atoms with Crippen LogP contribution in [-0.4, -0.2) is 0 Å². The summed E-state index contributed by atoms with van der Waals surface area (Å²) in [5, 5.41) is 0. The molecule has 1 rings (SSSR count). The van der Waals surface area contributed by atoms with E-state index < -0.39 is 28.8 Å². The highest BCUT2D eigenvalue weighted by molar-refractivity contribution is 5.25. The molecule has 0 saturated heterocycles. The molecule has 12 heavy (non-hydrogen) atoms. The summed E-state index contributed by atoms with van der Waals surface area (Å²) in [5.74, 6) is -7.47. The zero-order valence-corrected chi connectivity index (χ0v) is 5.47. The van der Waals surface area contributed by atoms with Crippen molar-refractivity contribution in [3.8, 4) is 0 Å². The van der Waals surface area contributed by atoms with Crippen molar-refractivity contribution in [2.45, 2.75) is 0 Å². The van der Waals surface area contributed by atoms with Crippen molar-refractivity contribution >= 4 is 0 Å². The van der Waals surface area contributed by atoms with E-state index >= 15 is 0 Å². The van der Waals surface area contributed by atoms with Crippen LogP contribution in [0.15, 0.2) is 6.07 Å². The SMILES string of the molecule is F[C]c1cc(F)c(F)c(F)c1F. The first-order valence-electron chi connectivity index (χ1n) is 2.77. The highest BCUT2D eigenvalue weighted by Gasteiger charge is 2.18. The zero-order chi connectivity index (χ0) is 9.30. The van der Waals surface area contributed by atoms with Gasteiger partial charge in [-0.25, -0.2) is 22.0 Å². The van der Waals surface area contributed by atoms with Crippen molar-refractivity contribution in [1.82, 2.24) is 0 Å². The molecule has 0 amide bonds. The van der Waals surface area contributed by atoms with Gasteiger partial charge in [0.05, 0.1) is 0 Å². The van der Waals surface area contributed by atoms with Crippen LogP contribution in [0.1, 0.15) is 5.56 Å². The molecule has 1 aromatic rings. The fourth-order valence-electron chi connectivity index (χ4n) is 0.642. The van der Waals surface area contributed by atoms with Crippen LogP contribution >= 0.6 is 0 Å². The van der Waals surface area contributed by atoms with Gasteiger partial charge in [0, 0.05) is 5.56 Å². The Balaban J connectivity index is 3.39. The molecule has 1 aromatic carbocycles. The van der Waals surface area contributed by atoms with Gasteiger partial charge < -0.3 is 0 Å². The molecule has 0 nitrogen and oxygen atoms in total. The smallest absolute Gasteiger partial charge is 0.222 e. The molecule has 0 bridgehead atoms. The van der Waals surface area contributed by atoms with Crippen molar-refractivity contribution in [1.29, 1.82) is 0 Å². The van der Waals surface area contributed by atoms with Gasteiger partial charge in [-0.3, -0.25) is 0 Å². The summed E-state index contributed by atoms with van der Waals surface area (Å²) in [6.45, 7) is 0.682. The lowest BCUT2D eigenvalue weighted by atomic mass is 10.2. The van der Waals surface area contributed by atoms with E-state index in [0.717, 1.165) is 0 Å². The Morgan fingerprint density at radius 2 is 1.50 bits per heavy atom. The number of halogens is 5. The predicted octanol–water partition coefficient (Wildman–Crippen LogP) is 2.60. The molecule has 0 aliphatic rings.